The van der Waals surface area contributed by atoms with Crippen molar-refractivity contribution in [2.45, 2.75) is 26.6 Å². The Morgan fingerprint density at radius 1 is 0.962 bits per heavy atom. The van der Waals surface area contributed by atoms with E-state index in [-0.39, 0.29) is 12.4 Å². The summed E-state index contributed by atoms with van der Waals surface area (Å²) < 4.78 is 4.13. The molecule has 4 rings (SSSR count). The Morgan fingerprint density at radius 2 is 1.77 bits per heavy atom. The van der Waals surface area contributed by atoms with Crippen molar-refractivity contribution >= 4 is 23.4 Å². The molecule has 0 aliphatic rings. The van der Waals surface area contributed by atoms with Gasteiger partial charge in [-0.15, -0.1) is 12.4 Å². The van der Waals surface area contributed by atoms with Crippen LogP contribution in [0.15, 0.2) is 67.0 Å². The lowest BCUT2D eigenvalue weighted by Gasteiger charge is -2.08. The summed E-state index contributed by atoms with van der Waals surface area (Å²) in [6.07, 6.45) is 3.73. The number of aryl methyl sites for hydroxylation is 1. The number of hydrogen-bond acceptors (Lipinski definition) is 3. The second-order valence-electron chi connectivity index (χ2n) is 5.98. The summed E-state index contributed by atoms with van der Waals surface area (Å²) in [6.45, 7) is 4.65. The van der Waals surface area contributed by atoms with E-state index >= 15 is 0 Å². The fraction of sp³-hybridized carbons (Fsp3) is 0.200. The van der Waals surface area contributed by atoms with Crippen LogP contribution in [0, 0.1) is 0 Å². The smallest absolute Gasteiger partial charge is 0.123 e. The van der Waals surface area contributed by atoms with Crippen LogP contribution in [0.2, 0.25) is 0 Å². The number of benzene rings is 2. The molecule has 0 fully saturated rings. The highest BCUT2D eigenvalue weighted by atomic mass is 35.5. The van der Waals surface area contributed by atoms with E-state index in [1.807, 2.05) is 23.0 Å². The third kappa shape index (κ3) is 3.64. The van der Waals surface area contributed by atoms with Crippen molar-refractivity contribution in [2.75, 3.05) is 0 Å². The molecule has 0 saturated carbocycles. The van der Waals surface area contributed by atoms with Gasteiger partial charge >= 0.3 is 0 Å². The highest BCUT2D eigenvalue weighted by Crippen LogP contribution is 2.16. The molecule has 0 amide bonds. The number of fused-ring (bicyclic) bond motifs is 1. The van der Waals surface area contributed by atoms with Crippen molar-refractivity contribution in [3.63, 3.8) is 0 Å². The summed E-state index contributed by atoms with van der Waals surface area (Å²) in [5.41, 5.74) is 4.58. The molecule has 0 bridgehead atoms. The number of imidazole rings is 1. The second kappa shape index (κ2) is 8.17. The summed E-state index contributed by atoms with van der Waals surface area (Å²) >= 11 is 0. The van der Waals surface area contributed by atoms with Crippen molar-refractivity contribution in [2.24, 2.45) is 0 Å². The predicted octanol–water partition coefficient (Wildman–Crippen LogP) is 3.95. The summed E-state index contributed by atoms with van der Waals surface area (Å²) in [6, 6.07) is 18.7. The topological polar surface area (TPSA) is 47.7 Å². The molecule has 2 heterocycles. The number of rotatable bonds is 6. The maximum atomic E-state index is 4.75. The monoisotopic (exact) mass is 367 g/mol. The number of aromatic nitrogens is 4. The van der Waals surface area contributed by atoms with Crippen LogP contribution in [0.1, 0.15) is 18.3 Å². The molecule has 26 heavy (non-hydrogen) atoms. The van der Waals surface area contributed by atoms with Gasteiger partial charge in [0, 0.05) is 25.5 Å². The van der Waals surface area contributed by atoms with Crippen LogP contribution in [-0.2, 0) is 19.6 Å². The third-order valence-electron chi connectivity index (χ3n) is 4.37. The first kappa shape index (κ1) is 18.2. The van der Waals surface area contributed by atoms with E-state index in [0.717, 1.165) is 36.7 Å². The van der Waals surface area contributed by atoms with Gasteiger partial charge in [0.1, 0.15) is 5.82 Å². The Labute approximate surface area is 159 Å². The van der Waals surface area contributed by atoms with Crippen molar-refractivity contribution in [1.29, 1.82) is 0 Å². The normalized spacial score (nSPS) is 10.8. The maximum absolute atomic E-state index is 4.75. The average molecular weight is 368 g/mol. The molecule has 6 heteroatoms. The van der Waals surface area contributed by atoms with E-state index in [2.05, 4.69) is 64.4 Å². The van der Waals surface area contributed by atoms with Gasteiger partial charge in [0.05, 0.1) is 23.3 Å². The molecule has 0 spiro atoms. The lowest BCUT2D eigenvalue weighted by molar-refractivity contribution is 0.621. The lowest BCUT2D eigenvalue weighted by Crippen LogP contribution is -2.16. The number of nitrogens with zero attached hydrogens (tertiary/aromatic N) is 4. The fourth-order valence-electron chi connectivity index (χ4n) is 3.12. The first-order valence-electron chi connectivity index (χ1n) is 8.59. The van der Waals surface area contributed by atoms with Crippen LogP contribution in [0.3, 0.4) is 0 Å². The second-order valence-corrected chi connectivity index (χ2v) is 5.98. The van der Waals surface area contributed by atoms with Gasteiger partial charge in [-0.05, 0) is 42.8 Å². The van der Waals surface area contributed by atoms with Gasteiger partial charge in [0.2, 0.25) is 0 Å². The Kier molecular flexibility index (Phi) is 5.71. The molecule has 2 aromatic heterocycles. The molecule has 134 valence electrons. The zero-order valence-corrected chi connectivity index (χ0v) is 15.5. The van der Waals surface area contributed by atoms with Crippen LogP contribution in [-0.4, -0.2) is 19.3 Å². The van der Waals surface area contributed by atoms with Crippen LogP contribution >= 0.6 is 12.4 Å². The molecule has 5 nitrogen and oxygen atoms in total. The highest BCUT2D eigenvalue weighted by molar-refractivity contribution is 5.85. The van der Waals surface area contributed by atoms with Gasteiger partial charge in [0.15, 0.2) is 0 Å². The van der Waals surface area contributed by atoms with Crippen molar-refractivity contribution < 1.29 is 0 Å². The molecule has 1 N–H and O–H groups in total. The van der Waals surface area contributed by atoms with Crippen LogP contribution < -0.4 is 5.32 Å². The number of para-hydroxylation sites is 2. The average Bonchev–Trinajstić information content (AvgIpc) is 3.30. The third-order valence-corrected chi connectivity index (χ3v) is 4.37. The minimum atomic E-state index is 0. The maximum Gasteiger partial charge on any atom is 0.123 e. The van der Waals surface area contributed by atoms with E-state index in [0.29, 0.717) is 0 Å². The Bertz CT molecular complexity index is 958. The molecule has 4 aromatic rings. The molecular formula is C20H22ClN5. The van der Waals surface area contributed by atoms with E-state index in [1.165, 1.54) is 11.1 Å². The fourth-order valence-corrected chi connectivity index (χ4v) is 3.12. The first-order valence-corrected chi connectivity index (χ1v) is 8.59. The number of nitrogens with one attached hydrogen (secondary N) is 1. The Morgan fingerprint density at radius 3 is 2.50 bits per heavy atom. The van der Waals surface area contributed by atoms with Gasteiger partial charge in [0.25, 0.3) is 0 Å². The molecule has 0 aliphatic carbocycles. The summed E-state index contributed by atoms with van der Waals surface area (Å²) in [5, 5.41) is 7.75. The van der Waals surface area contributed by atoms with Crippen LogP contribution in [0.4, 0.5) is 0 Å². The molecular weight excluding hydrogens is 346 g/mol. The first-order chi connectivity index (χ1) is 12.3. The van der Waals surface area contributed by atoms with Gasteiger partial charge < -0.3 is 9.88 Å². The lowest BCUT2D eigenvalue weighted by atomic mass is 10.2. The highest BCUT2D eigenvalue weighted by Gasteiger charge is 2.08. The molecule has 0 aliphatic heterocycles. The van der Waals surface area contributed by atoms with Crippen molar-refractivity contribution in [3.8, 4) is 5.69 Å². The molecule has 0 saturated heterocycles. The van der Waals surface area contributed by atoms with E-state index in [1.54, 1.807) is 6.20 Å². The zero-order chi connectivity index (χ0) is 17.1. The molecule has 0 unspecified atom stereocenters. The van der Waals surface area contributed by atoms with Crippen molar-refractivity contribution in [1.82, 2.24) is 24.6 Å². The summed E-state index contributed by atoms with van der Waals surface area (Å²) in [5.74, 6) is 1.08. The van der Waals surface area contributed by atoms with Gasteiger partial charge in [-0.2, -0.15) is 5.10 Å². The molecule has 0 radical (unpaired) electrons. The van der Waals surface area contributed by atoms with Gasteiger partial charge in [-0.25, -0.2) is 9.67 Å². The predicted molar refractivity (Wildman–Crippen MR) is 107 cm³/mol. The standard InChI is InChI=1S/C20H21N5.ClH/c1-2-24-19-7-4-3-6-18(19)23-20(24)15-21-14-16-8-10-17(11-9-16)25-13-5-12-22-25;/h3-13,21H,2,14-15H2,1H3;1H. The number of hydrogen-bond donors (Lipinski definition) is 1. The summed E-state index contributed by atoms with van der Waals surface area (Å²) in [7, 11) is 0. The van der Waals surface area contributed by atoms with E-state index in [9.17, 15) is 0 Å². The van der Waals surface area contributed by atoms with Gasteiger partial charge in [-0.3, -0.25) is 0 Å². The summed E-state index contributed by atoms with van der Waals surface area (Å²) in [4.78, 5) is 4.75. The SMILES string of the molecule is CCn1c(CNCc2ccc(-n3cccn3)cc2)nc2ccccc21.Cl. The molecule has 0 atom stereocenters. The van der Waals surface area contributed by atoms with Crippen LogP contribution in [0.5, 0.6) is 0 Å². The minimum absolute atomic E-state index is 0. The largest absolute Gasteiger partial charge is 0.327 e. The van der Waals surface area contributed by atoms with Crippen LogP contribution in [0.25, 0.3) is 16.7 Å². The zero-order valence-electron chi connectivity index (χ0n) is 14.7. The van der Waals surface area contributed by atoms with E-state index < -0.39 is 0 Å². The Hall–Kier alpha value is -2.63. The minimum Gasteiger partial charge on any atom is -0.327 e. The van der Waals surface area contributed by atoms with E-state index in [4.69, 9.17) is 4.98 Å². The molecule has 2 aromatic carbocycles. The quantitative estimate of drug-likeness (QED) is 0.561. The Balaban J connectivity index is 0.00000196. The van der Waals surface area contributed by atoms with Gasteiger partial charge in [-0.1, -0.05) is 24.3 Å². The number of halogens is 1. The van der Waals surface area contributed by atoms with Crippen molar-refractivity contribution in [3.05, 3.63) is 78.4 Å².